The predicted molar refractivity (Wildman–Crippen MR) is 64.3 cm³/mol. The lowest BCUT2D eigenvalue weighted by Gasteiger charge is -2.26. The van der Waals surface area contributed by atoms with Crippen LogP contribution in [0.15, 0.2) is 18.3 Å². The van der Waals surface area contributed by atoms with Crippen LogP contribution in [0.5, 0.6) is 0 Å². The van der Waals surface area contributed by atoms with Gasteiger partial charge in [-0.1, -0.05) is 0 Å². The van der Waals surface area contributed by atoms with Crippen LogP contribution < -0.4 is 11.1 Å². The van der Waals surface area contributed by atoms with Gasteiger partial charge in [-0.2, -0.15) is 0 Å². The van der Waals surface area contributed by atoms with Crippen molar-refractivity contribution in [2.45, 2.75) is 18.9 Å². The minimum Gasteiger partial charge on any atom is -0.381 e. The van der Waals surface area contributed by atoms with Gasteiger partial charge in [0.05, 0.1) is 12.2 Å². The smallest absolute Gasteiger partial charge is 0.242 e. The van der Waals surface area contributed by atoms with Crippen LogP contribution in [-0.2, 0) is 9.53 Å². The Labute approximate surface area is 105 Å². The molecule has 0 bridgehead atoms. The number of anilines is 1. The van der Waals surface area contributed by atoms with Crippen LogP contribution in [0, 0.1) is 11.7 Å². The van der Waals surface area contributed by atoms with E-state index in [2.05, 4.69) is 10.3 Å². The lowest BCUT2D eigenvalue weighted by molar-refractivity contribution is -0.119. The molecule has 18 heavy (non-hydrogen) atoms. The normalized spacial score (nSPS) is 18.3. The second-order valence-electron chi connectivity index (χ2n) is 4.33. The summed E-state index contributed by atoms with van der Waals surface area (Å²) in [6, 6.07) is 2.06. The molecule has 1 saturated heterocycles. The number of carbonyl (C=O) groups is 1. The van der Waals surface area contributed by atoms with Crippen LogP contribution in [0.2, 0.25) is 0 Å². The van der Waals surface area contributed by atoms with E-state index in [9.17, 15) is 9.18 Å². The number of halogens is 1. The van der Waals surface area contributed by atoms with Crippen molar-refractivity contribution in [3.63, 3.8) is 0 Å². The number of aromatic nitrogens is 1. The summed E-state index contributed by atoms with van der Waals surface area (Å²) in [5, 5.41) is 2.58. The van der Waals surface area contributed by atoms with Gasteiger partial charge in [0.2, 0.25) is 5.91 Å². The fourth-order valence-electron chi connectivity index (χ4n) is 1.95. The van der Waals surface area contributed by atoms with Gasteiger partial charge in [-0.3, -0.25) is 4.79 Å². The number of hydrogen-bond acceptors (Lipinski definition) is 4. The van der Waals surface area contributed by atoms with Crippen LogP contribution >= 0.6 is 0 Å². The first-order valence-electron chi connectivity index (χ1n) is 5.92. The Balaban J connectivity index is 1.92. The number of rotatable bonds is 3. The summed E-state index contributed by atoms with van der Waals surface area (Å²) in [6.45, 7) is 1.28. The van der Waals surface area contributed by atoms with Crippen molar-refractivity contribution in [3.8, 4) is 0 Å². The third kappa shape index (κ3) is 3.24. The molecule has 3 N–H and O–H groups in total. The first-order valence-corrected chi connectivity index (χ1v) is 5.92. The van der Waals surface area contributed by atoms with E-state index in [4.69, 9.17) is 10.5 Å². The van der Waals surface area contributed by atoms with Crippen molar-refractivity contribution in [1.82, 2.24) is 4.98 Å². The Morgan fingerprint density at radius 2 is 2.22 bits per heavy atom. The molecule has 0 radical (unpaired) electrons. The molecule has 0 spiro atoms. The zero-order chi connectivity index (χ0) is 13.0. The zero-order valence-corrected chi connectivity index (χ0v) is 9.93. The monoisotopic (exact) mass is 253 g/mol. The van der Waals surface area contributed by atoms with Gasteiger partial charge in [0, 0.05) is 13.2 Å². The highest BCUT2D eigenvalue weighted by molar-refractivity contribution is 5.94. The summed E-state index contributed by atoms with van der Waals surface area (Å²) < 4.78 is 17.9. The maximum atomic E-state index is 12.7. The molecule has 1 aromatic rings. The van der Waals surface area contributed by atoms with E-state index in [1.807, 2.05) is 0 Å². The lowest BCUT2D eigenvalue weighted by atomic mass is 9.92. The molecule has 0 aromatic carbocycles. The largest absolute Gasteiger partial charge is 0.381 e. The first kappa shape index (κ1) is 12.9. The molecule has 1 aliphatic heterocycles. The van der Waals surface area contributed by atoms with Crippen molar-refractivity contribution < 1.29 is 13.9 Å². The lowest BCUT2D eigenvalue weighted by Crippen LogP contribution is -2.44. The summed E-state index contributed by atoms with van der Waals surface area (Å²) in [6.07, 6.45) is 2.62. The fraction of sp³-hybridized carbons (Fsp3) is 0.500. The van der Waals surface area contributed by atoms with E-state index in [-0.39, 0.29) is 11.8 Å². The third-order valence-electron chi connectivity index (χ3n) is 3.06. The van der Waals surface area contributed by atoms with Crippen LogP contribution in [0.3, 0.4) is 0 Å². The standard InChI is InChI=1S/C12H16FN3O2/c13-9-1-2-10(15-7-9)16-12(17)11(14)8-3-5-18-6-4-8/h1-2,7-8,11H,3-6,14H2,(H,15,16,17). The molecule has 0 saturated carbocycles. The zero-order valence-electron chi connectivity index (χ0n) is 9.93. The number of carbonyl (C=O) groups excluding carboxylic acids is 1. The van der Waals surface area contributed by atoms with E-state index in [0.29, 0.717) is 19.0 Å². The van der Waals surface area contributed by atoms with E-state index < -0.39 is 11.9 Å². The van der Waals surface area contributed by atoms with Crippen molar-refractivity contribution >= 4 is 11.7 Å². The summed E-state index contributed by atoms with van der Waals surface area (Å²) >= 11 is 0. The number of amides is 1. The molecule has 2 heterocycles. The average molecular weight is 253 g/mol. The molecule has 1 aromatic heterocycles. The molecule has 1 fully saturated rings. The average Bonchev–Trinajstić information content (AvgIpc) is 2.41. The number of pyridine rings is 1. The Bertz CT molecular complexity index is 404. The second kappa shape index (κ2) is 5.88. The molecule has 1 atom stereocenters. The Morgan fingerprint density at radius 3 is 2.83 bits per heavy atom. The van der Waals surface area contributed by atoms with Gasteiger partial charge in [0.25, 0.3) is 0 Å². The Morgan fingerprint density at radius 1 is 1.50 bits per heavy atom. The minimum absolute atomic E-state index is 0.124. The number of nitrogens with one attached hydrogen (secondary N) is 1. The second-order valence-corrected chi connectivity index (χ2v) is 4.33. The molecule has 5 nitrogen and oxygen atoms in total. The van der Waals surface area contributed by atoms with E-state index in [0.717, 1.165) is 19.0 Å². The number of nitrogens with zero attached hydrogens (tertiary/aromatic N) is 1. The summed E-state index contributed by atoms with van der Waals surface area (Å²) in [4.78, 5) is 15.6. The van der Waals surface area contributed by atoms with Crippen LogP contribution in [0.25, 0.3) is 0 Å². The predicted octanol–water partition coefficient (Wildman–Crippen LogP) is 0.913. The van der Waals surface area contributed by atoms with Crippen molar-refractivity contribution in [2.24, 2.45) is 11.7 Å². The fourth-order valence-corrected chi connectivity index (χ4v) is 1.95. The molecule has 1 unspecified atom stereocenters. The molecule has 2 rings (SSSR count). The number of nitrogens with two attached hydrogens (primary N) is 1. The molecule has 1 amide bonds. The maximum absolute atomic E-state index is 12.7. The molecular formula is C12H16FN3O2. The van der Waals surface area contributed by atoms with E-state index >= 15 is 0 Å². The SMILES string of the molecule is NC(C(=O)Nc1ccc(F)cn1)C1CCOCC1. The Kier molecular flexibility index (Phi) is 4.22. The third-order valence-corrected chi connectivity index (χ3v) is 3.06. The van der Waals surface area contributed by atoms with Gasteiger partial charge in [0.1, 0.15) is 11.6 Å². The van der Waals surface area contributed by atoms with Crippen molar-refractivity contribution in [1.29, 1.82) is 0 Å². The number of hydrogen-bond donors (Lipinski definition) is 2. The molecule has 1 aliphatic rings. The van der Waals surface area contributed by atoms with Gasteiger partial charge >= 0.3 is 0 Å². The minimum atomic E-state index is -0.583. The van der Waals surface area contributed by atoms with Gasteiger partial charge < -0.3 is 15.8 Å². The highest BCUT2D eigenvalue weighted by atomic mass is 19.1. The van der Waals surface area contributed by atoms with E-state index in [1.54, 1.807) is 0 Å². The van der Waals surface area contributed by atoms with Gasteiger partial charge in [-0.05, 0) is 30.9 Å². The Hall–Kier alpha value is -1.53. The van der Waals surface area contributed by atoms with Crippen LogP contribution in [0.4, 0.5) is 10.2 Å². The highest BCUT2D eigenvalue weighted by Gasteiger charge is 2.26. The van der Waals surface area contributed by atoms with Gasteiger partial charge in [-0.15, -0.1) is 0 Å². The summed E-state index contributed by atoms with van der Waals surface area (Å²) in [5.41, 5.74) is 5.90. The molecule has 0 aliphatic carbocycles. The highest BCUT2D eigenvalue weighted by Crippen LogP contribution is 2.18. The quantitative estimate of drug-likeness (QED) is 0.839. The molecule has 6 heteroatoms. The van der Waals surface area contributed by atoms with Crippen LogP contribution in [0.1, 0.15) is 12.8 Å². The maximum Gasteiger partial charge on any atom is 0.242 e. The summed E-state index contributed by atoms with van der Waals surface area (Å²) in [5.74, 6) is -0.300. The van der Waals surface area contributed by atoms with Gasteiger partial charge in [0.15, 0.2) is 0 Å². The van der Waals surface area contributed by atoms with Crippen molar-refractivity contribution in [2.75, 3.05) is 18.5 Å². The summed E-state index contributed by atoms with van der Waals surface area (Å²) in [7, 11) is 0. The van der Waals surface area contributed by atoms with Crippen LogP contribution in [-0.4, -0.2) is 30.1 Å². The number of ether oxygens (including phenoxy) is 1. The molecular weight excluding hydrogens is 237 g/mol. The van der Waals surface area contributed by atoms with Gasteiger partial charge in [-0.25, -0.2) is 9.37 Å². The van der Waals surface area contributed by atoms with E-state index in [1.165, 1.54) is 12.1 Å². The van der Waals surface area contributed by atoms with Crippen molar-refractivity contribution in [3.05, 3.63) is 24.1 Å². The topological polar surface area (TPSA) is 77.2 Å². The first-order chi connectivity index (χ1) is 8.66. The molecule has 98 valence electrons.